The topological polar surface area (TPSA) is 40.5 Å². The van der Waals surface area contributed by atoms with Gasteiger partial charge in [0.25, 0.3) is 0 Å². The van der Waals surface area contributed by atoms with Gasteiger partial charge in [0.2, 0.25) is 0 Å². The number of carbonyl (C=O) groups is 1. The van der Waals surface area contributed by atoms with E-state index >= 15 is 0 Å². The molecule has 0 aromatic heterocycles. The number of fused-ring (bicyclic) bond motifs is 1. The third-order valence-corrected chi connectivity index (χ3v) is 5.95. The molecule has 20 heavy (non-hydrogen) atoms. The molecule has 0 aromatic carbocycles. The van der Waals surface area contributed by atoms with Crippen molar-refractivity contribution in [3.63, 3.8) is 0 Å². The number of likely N-dealkylation sites (tertiary alicyclic amines) is 1. The Morgan fingerprint density at radius 3 is 2.15 bits per heavy atom. The summed E-state index contributed by atoms with van der Waals surface area (Å²) in [6.45, 7) is 0. The molecule has 3 nitrogen and oxygen atoms in total. The highest BCUT2D eigenvalue weighted by Crippen LogP contribution is 2.41. The zero-order chi connectivity index (χ0) is 13.9. The highest BCUT2D eigenvalue weighted by Gasteiger charge is 2.44. The van der Waals surface area contributed by atoms with Gasteiger partial charge in [0.15, 0.2) is 0 Å². The van der Waals surface area contributed by atoms with Gasteiger partial charge in [-0.1, -0.05) is 38.5 Å². The highest BCUT2D eigenvalue weighted by atomic mass is 16.4. The molecule has 0 aromatic rings. The molecule has 0 spiro atoms. The van der Waals surface area contributed by atoms with E-state index < -0.39 is 5.97 Å². The third-order valence-electron chi connectivity index (χ3n) is 5.95. The third kappa shape index (κ3) is 2.88. The number of rotatable bonds is 2. The summed E-state index contributed by atoms with van der Waals surface area (Å²) < 4.78 is 0. The summed E-state index contributed by atoms with van der Waals surface area (Å²) in [6, 6.07) is 0.920. The minimum Gasteiger partial charge on any atom is -0.480 e. The van der Waals surface area contributed by atoms with Gasteiger partial charge in [-0.2, -0.15) is 0 Å². The minimum absolute atomic E-state index is 0.197. The standard InChI is InChI=1S/C17H29NO2/c19-17(20)16-12-11-13-7-5-6-10-15(13)18(16)14-8-3-1-2-4-9-14/h13-16H,1-12H2,(H,19,20). The van der Waals surface area contributed by atoms with E-state index in [1.54, 1.807) is 0 Å². The van der Waals surface area contributed by atoms with E-state index in [0.29, 0.717) is 12.1 Å². The van der Waals surface area contributed by atoms with Gasteiger partial charge < -0.3 is 5.11 Å². The Labute approximate surface area is 122 Å². The van der Waals surface area contributed by atoms with Crippen LogP contribution in [0.15, 0.2) is 0 Å². The smallest absolute Gasteiger partial charge is 0.320 e. The maximum absolute atomic E-state index is 11.7. The Balaban J connectivity index is 1.80. The summed E-state index contributed by atoms with van der Waals surface area (Å²) in [7, 11) is 0. The fourth-order valence-corrected chi connectivity index (χ4v) is 5.00. The fourth-order valence-electron chi connectivity index (χ4n) is 5.00. The van der Waals surface area contributed by atoms with Gasteiger partial charge in [-0.15, -0.1) is 0 Å². The molecular formula is C17H29NO2. The molecule has 3 rings (SSSR count). The molecule has 2 aliphatic carbocycles. The Morgan fingerprint density at radius 1 is 0.800 bits per heavy atom. The van der Waals surface area contributed by atoms with Crippen molar-refractivity contribution < 1.29 is 9.90 Å². The minimum atomic E-state index is -0.571. The van der Waals surface area contributed by atoms with E-state index in [1.807, 2.05) is 0 Å². The predicted molar refractivity (Wildman–Crippen MR) is 79.7 cm³/mol. The summed E-state index contributed by atoms with van der Waals surface area (Å²) in [4.78, 5) is 14.2. The van der Waals surface area contributed by atoms with Crippen LogP contribution in [0.3, 0.4) is 0 Å². The number of carboxylic acid groups (broad SMARTS) is 1. The second kappa shape index (κ2) is 6.46. The number of hydrogen-bond donors (Lipinski definition) is 1. The molecule has 1 saturated heterocycles. The zero-order valence-electron chi connectivity index (χ0n) is 12.6. The molecule has 1 aliphatic heterocycles. The Morgan fingerprint density at radius 2 is 1.45 bits per heavy atom. The zero-order valence-corrected chi connectivity index (χ0v) is 12.6. The van der Waals surface area contributed by atoms with Crippen LogP contribution in [0.25, 0.3) is 0 Å². The lowest BCUT2D eigenvalue weighted by Gasteiger charge is -2.50. The molecule has 0 radical (unpaired) electrons. The molecule has 0 amide bonds. The lowest BCUT2D eigenvalue weighted by Crippen LogP contribution is -2.58. The SMILES string of the molecule is O=C(O)C1CCC2CCCCC2N1C1CCCCCC1. The lowest BCUT2D eigenvalue weighted by molar-refractivity contribution is -0.150. The van der Waals surface area contributed by atoms with Crippen molar-refractivity contribution in [1.82, 2.24) is 4.90 Å². The van der Waals surface area contributed by atoms with E-state index in [9.17, 15) is 9.90 Å². The van der Waals surface area contributed by atoms with Crippen LogP contribution < -0.4 is 0 Å². The monoisotopic (exact) mass is 279 g/mol. The van der Waals surface area contributed by atoms with Crippen molar-refractivity contribution in [2.24, 2.45) is 5.92 Å². The van der Waals surface area contributed by atoms with Crippen molar-refractivity contribution in [3.05, 3.63) is 0 Å². The van der Waals surface area contributed by atoms with Gasteiger partial charge >= 0.3 is 5.97 Å². The second-order valence-corrected chi connectivity index (χ2v) is 7.14. The molecular weight excluding hydrogens is 250 g/mol. The first-order chi connectivity index (χ1) is 9.77. The average molecular weight is 279 g/mol. The molecule has 0 bridgehead atoms. The van der Waals surface area contributed by atoms with Crippen LogP contribution in [0.1, 0.15) is 77.0 Å². The maximum atomic E-state index is 11.7. The number of aliphatic carboxylic acids is 1. The van der Waals surface area contributed by atoms with Gasteiger partial charge in [0.1, 0.15) is 6.04 Å². The maximum Gasteiger partial charge on any atom is 0.320 e. The van der Waals surface area contributed by atoms with Crippen LogP contribution >= 0.6 is 0 Å². The normalized spacial score (nSPS) is 37.1. The molecule has 1 heterocycles. The van der Waals surface area contributed by atoms with Crippen molar-refractivity contribution in [2.75, 3.05) is 0 Å². The molecule has 3 aliphatic rings. The number of hydrogen-bond acceptors (Lipinski definition) is 2. The summed E-state index contributed by atoms with van der Waals surface area (Å²) in [5, 5.41) is 9.66. The van der Waals surface area contributed by atoms with E-state index in [-0.39, 0.29) is 6.04 Å². The van der Waals surface area contributed by atoms with Crippen LogP contribution in [-0.2, 0) is 4.79 Å². The van der Waals surface area contributed by atoms with Crippen LogP contribution in [0.2, 0.25) is 0 Å². The van der Waals surface area contributed by atoms with E-state index in [1.165, 1.54) is 64.2 Å². The molecule has 114 valence electrons. The van der Waals surface area contributed by atoms with Gasteiger partial charge in [-0.3, -0.25) is 9.69 Å². The second-order valence-electron chi connectivity index (χ2n) is 7.14. The van der Waals surface area contributed by atoms with Crippen LogP contribution in [-0.4, -0.2) is 34.1 Å². The van der Waals surface area contributed by atoms with Crippen LogP contribution in [0.4, 0.5) is 0 Å². The largest absolute Gasteiger partial charge is 0.480 e. The number of nitrogens with zero attached hydrogens (tertiary/aromatic N) is 1. The van der Waals surface area contributed by atoms with Crippen LogP contribution in [0.5, 0.6) is 0 Å². The van der Waals surface area contributed by atoms with Crippen LogP contribution in [0, 0.1) is 5.92 Å². The van der Waals surface area contributed by atoms with Gasteiger partial charge in [-0.05, 0) is 44.4 Å². The molecule has 3 unspecified atom stereocenters. The quantitative estimate of drug-likeness (QED) is 0.781. The first-order valence-corrected chi connectivity index (χ1v) is 8.77. The molecule has 3 atom stereocenters. The molecule has 3 heteroatoms. The Bertz CT molecular complexity index is 336. The lowest BCUT2D eigenvalue weighted by atomic mass is 9.75. The summed E-state index contributed by atoms with van der Waals surface area (Å²) in [5.74, 6) is 0.209. The fraction of sp³-hybridized carbons (Fsp3) is 0.941. The Hall–Kier alpha value is -0.570. The predicted octanol–water partition coefficient (Wildman–Crippen LogP) is 3.82. The average Bonchev–Trinajstić information content (AvgIpc) is 2.74. The van der Waals surface area contributed by atoms with Crippen molar-refractivity contribution in [3.8, 4) is 0 Å². The highest BCUT2D eigenvalue weighted by molar-refractivity contribution is 5.73. The number of carboxylic acids is 1. The van der Waals surface area contributed by atoms with Crippen molar-refractivity contribution in [1.29, 1.82) is 0 Å². The first kappa shape index (κ1) is 14.4. The molecule has 1 N–H and O–H groups in total. The van der Waals surface area contributed by atoms with Gasteiger partial charge in [0, 0.05) is 12.1 Å². The van der Waals surface area contributed by atoms with Crippen molar-refractivity contribution >= 4 is 5.97 Å². The molecule has 2 saturated carbocycles. The van der Waals surface area contributed by atoms with Crippen molar-refractivity contribution in [2.45, 2.75) is 95.2 Å². The van der Waals surface area contributed by atoms with E-state index in [2.05, 4.69) is 4.90 Å². The number of piperidine rings is 1. The van der Waals surface area contributed by atoms with Gasteiger partial charge in [-0.25, -0.2) is 0 Å². The summed E-state index contributed by atoms with van der Waals surface area (Å²) >= 11 is 0. The van der Waals surface area contributed by atoms with Gasteiger partial charge in [0.05, 0.1) is 0 Å². The molecule has 3 fully saturated rings. The van der Waals surface area contributed by atoms with E-state index in [4.69, 9.17) is 0 Å². The van der Waals surface area contributed by atoms with E-state index in [0.717, 1.165) is 18.8 Å². The summed E-state index contributed by atoms with van der Waals surface area (Å²) in [5.41, 5.74) is 0. The summed E-state index contributed by atoms with van der Waals surface area (Å²) in [6.07, 6.45) is 15.0. The first-order valence-electron chi connectivity index (χ1n) is 8.77. The Kier molecular flexibility index (Phi) is 4.65.